The SMILES string of the molecule is COc1cccc(/C=N/c2nc3ccc(Br)cc3s2)c1. The second-order valence-corrected chi connectivity index (χ2v) is 6.07. The minimum Gasteiger partial charge on any atom is -0.497 e. The van der Waals surface area contributed by atoms with E-state index in [0.29, 0.717) is 0 Å². The first-order chi connectivity index (χ1) is 9.74. The molecule has 0 amide bonds. The van der Waals surface area contributed by atoms with E-state index < -0.39 is 0 Å². The van der Waals surface area contributed by atoms with Gasteiger partial charge in [-0.05, 0) is 35.9 Å². The van der Waals surface area contributed by atoms with Gasteiger partial charge in [-0.15, -0.1) is 0 Å². The van der Waals surface area contributed by atoms with Gasteiger partial charge in [0.1, 0.15) is 5.75 Å². The highest BCUT2D eigenvalue weighted by atomic mass is 79.9. The van der Waals surface area contributed by atoms with Gasteiger partial charge in [-0.1, -0.05) is 39.4 Å². The van der Waals surface area contributed by atoms with Gasteiger partial charge in [-0.3, -0.25) is 0 Å². The lowest BCUT2D eigenvalue weighted by Gasteiger charge is -1.98. The Morgan fingerprint density at radius 1 is 1.25 bits per heavy atom. The number of hydrogen-bond donors (Lipinski definition) is 0. The van der Waals surface area contributed by atoms with Crippen LogP contribution in [0.15, 0.2) is 51.9 Å². The molecule has 3 rings (SSSR count). The van der Waals surface area contributed by atoms with Gasteiger partial charge in [0, 0.05) is 10.7 Å². The number of nitrogens with zero attached hydrogens (tertiary/aromatic N) is 2. The van der Waals surface area contributed by atoms with Gasteiger partial charge in [0.15, 0.2) is 0 Å². The van der Waals surface area contributed by atoms with E-state index in [2.05, 4.69) is 32.0 Å². The number of methoxy groups -OCH3 is 1. The molecule has 0 aliphatic carbocycles. The average molecular weight is 347 g/mol. The zero-order valence-electron chi connectivity index (χ0n) is 10.7. The summed E-state index contributed by atoms with van der Waals surface area (Å²) in [6, 6.07) is 13.8. The van der Waals surface area contributed by atoms with Gasteiger partial charge >= 0.3 is 0 Å². The third-order valence-electron chi connectivity index (χ3n) is 2.76. The van der Waals surface area contributed by atoms with Crippen molar-refractivity contribution < 1.29 is 4.74 Å². The zero-order chi connectivity index (χ0) is 13.9. The molecule has 0 atom stereocenters. The Bertz CT molecular complexity index is 782. The molecule has 1 heterocycles. The van der Waals surface area contributed by atoms with Crippen molar-refractivity contribution in [2.24, 2.45) is 4.99 Å². The highest BCUT2D eigenvalue weighted by molar-refractivity contribution is 9.10. The molecule has 1 aromatic heterocycles. The zero-order valence-corrected chi connectivity index (χ0v) is 13.1. The van der Waals surface area contributed by atoms with Crippen LogP contribution in [0.1, 0.15) is 5.56 Å². The first-order valence-corrected chi connectivity index (χ1v) is 7.60. The van der Waals surface area contributed by atoms with Crippen molar-refractivity contribution in [3.63, 3.8) is 0 Å². The van der Waals surface area contributed by atoms with Crippen molar-refractivity contribution in [1.29, 1.82) is 0 Å². The smallest absolute Gasteiger partial charge is 0.210 e. The maximum atomic E-state index is 5.19. The molecule has 0 spiro atoms. The monoisotopic (exact) mass is 346 g/mol. The minimum atomic E-state index is 0.751. The van der Waals surface area contributed by atoms with Gasteiger partial charge in [0.25, 0.3) is 0 Å². The van der Waals surface area contributed by atoms with E-state index in [1.807, 2.05) is 36.4 Å². The van der Waals surface area contributed by atoms with Gasteiger partial charge in [-0.2, -0.15) is 0 Å². The summed E-state index contributed by atoms with van der Waals surface area (Å²) >= 11 is 5.03. The van der Waals surface area contributed by atoms with Crippen LogP contribution in [0.25, 0.3) is 10.2 Å². The fourth-order valence-electron chi connectivity index (χ4n) is 1.79. The lowest BCUT2D eigenvalue weighted by Crippen LogP contribution is -1.85. The molecule has 3 nitrogen and oxygen atoms in total. The molecule has 0 aliphatic heterocycles. The summed E-state index contributed by atoms with van der Waals surface area (Å²) in [5.74, 6) is 0.821. The van der Waals surface area contributed by atoms with Crippen LogP contribution < -0.4 is 4.74 Å². The van der Waals surface area contributed by atoms with Crippen LogP contribution in [0.2, 0.25) is 0 Å². The van der Waals surface area contributed by atoms with Crippen molar-refractivity contribution >= 4 is 48.8 Å². The second kappa shape index (κ2) is 5.73. The summed E-state index contributed by atoms with van der Waals surface area (Å²) in [4.78, 5) is 8.91. The number of thiazole rings is 1. The highest BCUT2D eigenvalue weighted by Crippen LogP contribution is 2.30. The third kappa shape index (κ3) is 2.89. The Balaban J connectivity index is 1.89. The molecular formula is C15H11BrN2OS. The molecular weight excluding hydrogens is 336 g/mol. The number of ether oxygens (including phenoxy) is 1. The van der Waals surface area contributed by atoms with Gasteiger partial charge < -0.3 is 4.74 Å². The molecule has 20 heavy (non-hydrogen) atoms. The molecule has 0 N–H and O–H groups in total. The molecule has 0 unspecified atom stereocenters. The molecule has 100 valence electrons. The van der Waals surface area contributed by atoms with E-state index in [-0.39, 0.29) is 0 Å². The molecule has 0 saturated heterocycles. The molecule has 3 aromatic rings. The molecule has 5 heteroatoms. The van der Waals surface area contributed by atoms with Gasteiger partial charge in [0.2, 0.25) is 5.13 Å². The standard InChI is InChI=1S/C15H11BrN2OS/c1-19-12-4-2-3-10(7-12)9-17-15-18-13-6-5-11(16)8-14(13)20-15/h2-9H,1H3/b17-9+. The van der Waals surface area contributed by atoms with E-state index >= 15 is 0 Å². The highest BCUT2D eigenvalue weighted by Gasteiger charge is 2.02. The van der Waals surface area contributed by atoms with Crippen LogP contribution >= 0.6 is 27.3 Å². The van der Waals surface area contributed by atoms with Crippen molar-refractivity contribution in [2.75, 3.05) is 7.11 Å². The average Bonchev–Trinajstić information content (AvgIpc) is 2.87. The lowest BCUT2D eigenvalue weighted by molar-refractivity contribution is 0.415. The van der Waals surface area contributed by atoms with Crippen LogP contribution in [0.5, 0.6) is 5.75 Å². The fraction of sp³-hybridized carbons (Fsp3) is 0.0667. The number of fused-ring (bicyclic) bond motifs is 1. The Hall–Kier alpha value is -1.72. The quantitative estimate of drug-likeness (QED) is 0.637. The molecule has 0 aliphatic rings. The first-order valence-electron chi connectivity index (χ1n) is 5.99. The van der Waals surface area contributed by atoms with Crippen LogP contribution in [0, 0.1) is 0 Å². The summed E-state index contributed by atoms with van der Waals surface area (Å²) in [7, 11) is 1.65. The second-order valence-electron chi connectivity index (χ2n) is 4.14. The first kappa shape index (κ1) is 13.3. The summed E-state index contributed by atoms with van der Waals surface area (Å²) in [6.07, 6.45) is 1.80. The van der Waals surface area contributed by atoms with Gasteiger partial charge in [0.05, 0.1) is 17.3 Å². The Labute approximate surface area is 129 Å². The number of halogens is 1. The van der Waals surface area contributed by atoms with Crippen LogP contribution in [0.3, 0.4) is 0 Å². The molecule has 0 saturated carbocycles. The molecule has 0 radical (unpaired) electrons. The summed E-state index contributed by atoms with van der Waals surface area (Å²) < 4.78 is 7.36. The summed E-state index contributed by atoms with van der Waals surface area (Å²) in [6.45, 7) is 0. The number of hydrogen-bond acceptors (Lipinski definition) is 4. The Morgan fingerprint density at radius 3 is 3.00 bits per heavy atom. The summed E-state index contributed by atoms with van der Waals surface area (Å²) in [5.41, 5.74) is 1.96. The summed E-state index contributed by atoms with van der Waals surface area (Å²) in [5, 5.41) is 0.751. The molecule has 0 fully saturated rings. The van der Waals surface area contributed by atoms with E-state index in [0.717, 1.165) is 31.1 Å². The van der Waals surface area contributed by atoms with Crippen molar-refractivity contribution in [3.8, 4) is 5.75 Å². The van der Waals surface area contributed by atoms with E-state index in [4.69, 9.17) is 4.74 Å². The largest absolute Gasteiger partial charge is 0.497 e. The molecule has 2 aromatic carbocycles. The number of rotatable bonds is 3. The Morgan fingerprint density at radius 2 is 2.15 bits per heavy atom. The lowest BCUT2D eigenvalue weighted by atomic mass is 10.2. The topological polar surface area (TPSA) is 34.5 Å². The minimum absolute atomic E-state index is 0.751. The van der Waals surface area contributed by atoms with Crippen molar-refractivity contribution in [2.45, 2.75) is 0 Å². The maximum Gasteiger partial charge on any atom is 0.210 e. The number of benzene rings is 2. The number of aromatic nitrogens is 1. The normalized spacial score (nSPS) is 11.3. The van der Waals surface area contributed by atoms with Crippen molar-refractivity contribution in [1.82, 2.24) is 4.98 Å². The van der Waals surface area contributed by atoms with Crippen LogP contribution in [-0.2, 0) is 0 Å². The third-order valence-corrected chi connectivity index (χ3v) is 4.18. The molecule has 0 bridgehead atoms. The fourth-order valence-corrected chi connectivity index (χ4v) is 3.16. The predicted octanol–water partition coefficient (Wildman–Crippen LogP) is 4.82. The predicted molar refractivity (Wildman–Crippen MR) is 87.6 cm³/mol. The van der Waals surface area contributed by atoms with E-state index in [1.54, 1.807) is 24.7 Å². The van der Waals surface area contributed by atoms with Crippen LogP contribution in [0.4, 0.5) is 5.13 Å². The van der Waals surface area contributed by atoms with E-state index in [1.165, 1.54) is 0 Å². The maximum absolute atomic E-state index is 5.19. The van der Waals surface area contributed by atoms with Crippen molar-refractivity contribution in [3.05, 3.63) is 52.5 Å². The number of aliphatic imine (C=N–C) groups is 1. The van der Waals surface area contributed by atoms with Crippen LogP contribution in [-0.4, -0.2) is 18.3 Å². The van der Waals surface area contributed by atoms with Gasteiger partial charge in [-0.25, -0.2) is 9.98 Å². The Kier molecular flexibility index (Phi) is 3.80. The van der Waals surface area contributed by atoms with E-state index in [9.17, 15) is 0 Å².